The Bertz CT molecular complexity index is 780. The third-order valence-electron chi connectivity index (χ3n) is 3.71. The van der Waals surface area contributed by atoms with Crippen LogP contribution in [0, 0.1) is 0 Å². The third kappa shape index (κ3) is 8.13. The summed E-state index contributed by atoms with van der Waals surface area (Å²) in [5, 5.41) is 5.27. The van der Waals surface area contributed by atoms with Crippen molar-refractivity contribution in [3.63, 3.8) is 0 Å². The Morgan fingerprint density at radius 2 is 1.52 bits per heavy atom. The Hall–Kier alpha value is -3.22. The van der Waals surface area contributed by atoms with Crippen LogP contribution >= 0.6 is 0 Å². The maximum absolute atomic E-state index is 12.1. The van der Waals surface area contributed by atoms with Gasteiger partial charge < -0.3 is 24.8 Å². The molecule has 2 rings (SSSR count). The number of carbonyl (C=O) groups is 2. The van der Waals surface area contributed by atoms with Gasteiger partial charge >= 0.3 is 0 Å². The lowest BCUT2D eigenvalue weighted by molar-refractivity contribution is -0.125. The van der Waals surface area contributed by atoms with Gasteiger partial charge in [0.15, 0.2) is 18.1 Å². The molecule has 0 unspecified atom stereocenters. The highest BCUT2D eigenvalue weighted by Crippen LogP contribution is 2.30. The zero-order valence-corrected chi connectivity index (χ0v) is 16.9. The minimum atomic E-state index is -0.376. The molecule has 0 radical (unpaired) electrons. The highest BCUT2D eigenvalue weighted by atomic mass is 16.5. The molecule has 0 aromatic heterocycles. The number of hydrogen-bond acceptors (Lipinski definition) is 5. The van der Waals surface area contributed by atoms with Crippen LogP contribution in [0.2, 0.25) is 0 Å². The van der Waals surface area contributed by atoms with Gasteiger partial charge in [-0.3, -0.25) is 9.59 Å². The van der Waals surface area contributed by atoms with E-state index >= 15 is 0 Å². The van der Waals surface area contributed by atoms with Crippen LogP contribution in [0.4, 0.5) is 5.69 Å². The minimum Gasteiger partial charge on any atom is -0.490 e. The summed E-state index contributed by atoms with van der Waals surface area (Å²) in [4.78, 5) is 24.0. The topological polar surface area (TPSA) is 85.9 Å². The first-order chi connectivity index (χ1) is 14.1. The second kappa shape index (κ2) is 12.3. The summed E-state index contributed by atoms with van der Waals surface area (Å²) >= 11 is 0. The van der Waals surface area contributed by atoms with E-state index in [1.807, 2.05) is 32.0 Å². The minimum absolute atomic E-state index is 0.157. The van der Waals surface area contributed by atoms with Crippen molar-refractivity contribution in [2.75, 3.05) is 31.7 Å². The van der Waals surface area contributed by atoms with Crippen LogP contribution in [-0.2, 0) is 9.59 Å². The predicted molar refractivity (Wildman–Crippen MR) is 112 cm³/mol. The Morgan fingerprint density at radius 3 is 2.21 bits per heavy atom. The lowest BCUT2D eigenvalue weighted by Gasteiger charge is -2.14. The molecule has 7 nitrogen and oxygen atoms in total. The lowest BCUT2D eigenvalue weighted by Crippen LogP contribution is -2.35. The molecule has 0 saturated carbocycles. The molecular weight excluding hydrogens is 372 g/mol. The Balaban J connectivity index is 1.83. The van der Waals surface area contributed by atoms with E-state index in [1.54, 1.807) is 30.3 Å². The van der Waals surface area contributed by atoms with Crippen LogP contribution in [0.15, 0.2) is 48.5 Å². The summed E-state index contributed by atoms with van der Waals surface area (Å²) in [6, 6.07) is 14.2. The molecule has 0 bridgehead atoms. The molecule has 156 valence electrons. The summed E-state index contributed by atoms with van der Waals surface area (Å²) in [5.74, 6) is 1.10. The molecule has 0 heterocycles. The fourth-order valence-corrected chi connectivity index (χ4v) is 2.34. The third-order valence-corrected chi connectivity index (χ3v) is 3.71. The highest BCUT2D eigenvalue weighted by molar-refractivity contribution is 5.94. The van der Waals surface area contributed by atoms with Gasteiger partial charge in [0, 0.05) is 11.8 Å². The van der Waals surface area contributed by atoms with Crippen LogP contribution in [-0.4, -0.2) is 38.2 Å². The predicted octanol–water partition coefficient (Wildman–Crippen LogP) is 3.40. The largest absolute Gasteiger partial charge is 0.490 e. The Morgan fingerprint density at radius 1 is 0.828 bits per heavy atom. The van der Waals surface area contributed by atoms with Crippen LogP contribution in [0.5, 0.6) is 17.2 Å². The molecule has 0 aliphatic rings. The SMILES string of the molecule is CCCOc1ccc(NC(=O)CNC(=O)COc2ccccc2)cc1OCCC. The van der Waals surface area contributed by atoms with Crippen LogP contribution in [0.1, 0.15) is 26.7 Å². The maximum atomic E-state index is 12.1. The number of anilines is 1. The summed E-state index contributed by atoms with van der Waals surface area (Å²) < 4.78 is 16.7. The van der Waals surface area contributed by atoms with Crippen LogP contribution < -0.4 is 24.8 Å². The molecule has 0 aliphatic carbocycles. The number of nitrogens with one attached hydrogen (secondary N) is 2. The molecule has 0 atom stereocenters. The van der Waals surface area contributed by atoms with E-state index in [4.69, 9.17) is 14.2 Å². The molecule has 2 aromatic carbocycles. The first-order valence-electron chi connectivity index (χ1n) is 9.76. The summed E-state index contributed by atoms with van der Waals surface area (Å²) in [7, 11) is 0. The highest BCUT2D eigenvalue weighted by Gasteiger charge is 2.10. The first-order valence-corrected chi connectivity index (χ1v) is 9.76. The van der Waals surface area contributed by atoms with E-state index < -0.39 is 0 Å². The summed E-state index contributed by atoms with van der Waals surface area (Å²) in [5.41, 5.74) is 0.569. The second-order valence-electron chi connectivity index (χ2n) is 6.29. The Labute approximate surface area is 171 Å². The molecule has 2 amide bonds. The molecule has 0 fully saturated rings. The quantitative estimate of drug-likeness (QED) is 0.570. The fraction of sp³-hybridized carbons (Fsp3) is 0.364. The van der Waals surface area contributed by atoms with Gasteiger partial charge in [-0.05, 0) is 37.1 Å². The molecule has 2 aromatic rings. The maximum Gasteiger partial charge on any atom is 0.258 e. The van der Waals surface area contributed by atoms with Crippen molar-refractivity contribution in [2.45, 2.75) is 26.7 Å². The van der Waals surface area contributed by atoms with E-state index in [0.29, 0.717) is 36.1 Å². The van der Waals surface area contributed by atoms with Gasteiger partial charge in [0.25, 0.3) is 5.91 Å². The van der Waals surface area contributed by atoms with Gasteiger partial charge in [0.2, 0.25) is 5.91 Å². The van der Waals surface area contributed by atoms with Gasteiger partial charge in [-0.1, -0.05) is 32.0 Å². The van der Waals surface area contributed by atoms with E-state index in [9.17, 15) is 9.59 Å². The standard InChI is InChI=1S/C22H28N2O5/c1-3-12-27-19-11-10-17(14-20(19)28-13-4-2)24-21(25)15-23-22(26)16-29-18-8-6-5-7-9-18/h5-11,14H,3-4,12-13,15-16H2,1-2H3,(H,23,26)(H,24,25). The molecule has 2 N–H and O–H groups in total. The molecule has 29 heavy (non-hydrogen) atoms. The van der Waals surface area contributed by atoms with Crippen molar-refractivity contribution in [1.82, 2.24) is 5.32 Å². The molecule has 0 spiro atoms. The number of benzene rings is 2. The van der Waals surface area contributed by atoms with Crippen molar-refractivity contribution in [3.8, 4) is 17.2 Å². The average Bonchev–Trinajstić information content (AvgIpc) is 2.74. The monoisotopic (exact) mass is 400 g/mol. The second-order valence-corrected chi connectivity index (χ2v) is 6.29. The smallest absolute Gasteiger partial charge is 0.258 e. The van der Waals surface area contributed by atoms with Gasteiger partial charge in [-0.25, -0.2) is 0 Å². The zero-order valence-electron chi connectivity index (χ0n) is 16.9. The normalized spacial score (nSPS) is 10.1. The van der Waals surface area contributed by atoms with Gasteiger partial charge in [-0.15, -0.1) is 0 Å². The molecule has 0 saturated heterocycles. The van der Waals surface area contributed by atoms with E-state index in [0.717, 1.165) is 12.8 Å². The van der Waals surface area contributed by atoms with Crippen molar-refractivity contribution in [2.24, 2.45) is 0 Å². The number of rotatable bonds is 12. The van der Waals surface area contributed by atoms with Crippen molar-refractivity contribution >= 4 is 17.5 Å². The van der Waals surface area contributed by atoms with Crippen LogP contribution in [0.3, 0.4) is 0 Å². The lowest BCUT2D eigenvalue weighted by atomic mass is 10.2. The number of hydrogen-bond donors (Lipinski definition) is 2. The fourth-order valence-electron chi connectivity index (χ4n) is 2.34. The molecule has 7 heteroatoms. The van der Waals surface area contributed by atoms with Crippen molar-refractivity contribution in [1.29, 1.82) is 0 Å². The van der Waals surface area contributed by atoms with E-state index in [1.165, 1.54) is 0 Å². The molecule has 0 aliphatic heterocycles. The number of carbonyl (C=O) groups excluding carboxylic acids is 2. The number of para-hydroxylation sites is 1. The zero-order chi connectivity index (χ0) is 20.9. The number of ether oxygens (including phenoxy) is 3. The first kappa shape index (κ1) is 22.1. The summed E-state index contributed by atoms with van der Waals surface area (Å²) in [6.45, 7) is 4.87. The Kier molecular flexibility index (Phi) is 9.35. The van der Waals surface area contributed by atoms with Crippen LogP contribution in [0.25, 0.3) is 0 Å². The van der Waals surface area contributed by atoms with Gasteiger partial charge in [0.05, 0.1) is 19.8 Å². The average molecular weight is 400 g/mol. The van der Waals surface area contributed by atoms with Crippen molar-refractivity contribution < 1.29 is 23.8 Å². The van der Waals surface area contributed by atoms with E-state index in [-0.39, 0.29) is 25.0 Å². The van der Waals surface area contributed by atoms with E-state index in [2.05, 4.69) is 10.6 Å². The van der Waals surface area contributed by atoms with Gasteiger partial charge in [0.1, 0.15) is 5.75 Å². The van der Waals surface area contributed by atoms with Crippen molar-refractivity contribution in [3.05, 3.63) is 48.5 Å². The molecular formula is C22H28N2O5. The number of amides is 2. The van der Waals surface area contributed by atoms with Gasteiger partial charge in [-0.2, -0.15) is 0 Å². The summed E-state index contributed by atoms with van der Waals surface area (Å²) in [6.07, 6.45) is 1.75.